The molecule has 0 bridgehead atoms. The van der Waals surface area contributed by atoms with Crippen LogP contribution in [-0.4, -0.2) is 61.6 Å². The van der Waals surface area contributed by atoms with Gasteiger partial charge in [0.25, 0.3) is 0 Å². The van der Waals surface area contributed by atoms with Crippen LogP contribution in [0.3, 0.4) is 0 Å². The fourth-order valence-corrected chi connectivity index (χ4v) is 2.04. The Balaban J connectivity index is 2.31. The van der Waals surface area contributed by atoms with Crippen LogP contribution in [0.5, 0.6) is 5.75 Å². The molecule has 21 heavy (non-hydrogen) atoms. The van der Waals surface area contributed by atoms with Gasteiger partial charge < -0.3 is 20.3 Å². The third-order valence-corrected chi connectivity index (χ3v) is 3.27. The SMILES string of the molecule is COCCN(CCO)CCCOc1cccc(C(N)=S)c1. The van der Waals surface area contributed by atoms with Gasteiger partial charge in [-0.05, 0) is 18.6 Å². The quantitative estimate of drug-likeness (QED) is 0.470. The Kier molecular flexibility index (Phi) is 8.93. The maximum atomic E-state index is 9.02. The van der Waals surface area contributed by atoms with E-state index in [1.165, 1.54) is 0 Å². The van der Waals surface area contributed by atoms with Crippen molar-refractivity contribution in [1.82, 2.24) is 4.90 Å². The lowest BCUT2D eigenvalue weighted by atomic mass is 10.2. The van der Waals surface area contributed by atoms with E-state index < -0.39 is 0 Å². The summed E-state index contributed by atoms with van der Waals surface area (Å²) < 4.78 is 10.7. The Morgan fingerprint density at radius 1 is 1.29 bits per heavy atom. The summed E-state index contributed by atoms with van der Waals surface area (Å²) in [5.41, 5.74) is 6.40. The van der Waals surface area contributed by atoms with Crippen molar-refractivity contribution < 1.29 is 14.6 Å². The molecular weight excluding hydrogens is 288 g/mol. The summed E-state index contributed by atoms with van der Waals surface area (Å²) >= 11 is 4.94. The summed E-state index contributed by atoms with van der Waals surface area (Å²) in [6.45, 7) is 3.75. The van der Waals surface area contributed by atoms with E-state index in [0.29, 0.717) is 24.7 Å². The zero-order chi connectivity index (χ0) is 15.5. The first-order chi connectivity index (χ1) is 10.2. The number of aliphatic hydroxyl groups excluding tert-OH is 1. The first-order valence-electron chi connectivity index (χ1n) is 7.02. The third kappa shape index (κ3) is 7.38. The predicted octanol–water partition coefficient (Wildman–Crippen LogP) is 1.03. The van der Waals surface area contributed by atoms with Crippen LogP contribution >= 0.6 is 12.2 Å². The zero-order valence-electron chi connectivity index (χ0n) is 12.5. The van der Waals surface area contributed by atoms with E-state index in [1.807, 2.05) is 24.3 Å². The highest BCUT2D eigenvalue weighted by atomic mass is 32.1. The van der Waals surface area contributed by atoms with Crippen molar-refractivity contribution >= 4 is 17.2 Å². The van der Waals surface area contributed by atoms with Gasteiger partial charge in [-0.15, -0.1) is 0 Å². The van der Waals surface area contributed by atoms with Crippen LogP contribution < -0.4 is 10.5 Å². The minimum atomic E-state index is 0.153. The van der Waals surface area contributed by atoms with E-state index >= 15 is 0 Å². The monoisotopic (exact) mass is 312 g/mol. The molecule has 0 heterocycles. The van der Waals surface area contributed by atoms with E-state index in [2.05, 4.69) is 4.90 Å². The van der Waals surface area contributed by atoms with Crippen LogP contribution in [0, 0.1) is 0 Å². The normalized spacial score (nSPS) is 10.8. The number of methoxy groups -OCH3 is 1. The summed E-state index contributed by atoms with van der Waals surface area (Å²) in [6.07, 6.45) is 0.876. The second-order valence-corrected chi connectivity index (χ2v) is 5.09. The Bertz CT molecular complexity index is 429. The summed E-state index contributed by atoms with van der Waals surface area (Å²) in [5, 5.41) is 9.02. The summed E-state index contributed by atoms with van der Waals surface area (Å²) in [5.74, 6) is 0.769. The van der Waals surface area contributed by atoms with Crippen molar-refractivity contribution in [2.45, 2.75) is 6.42 Å². The lowest BCUT2D eigenvalue weighted by molar-refractivity contribution is 0.126. The number of ether oxygens (including phenoxy) is 2. The van der Waals surface area contributed by atoms with Crippen LogP contribution in [0.4, 0.5) is 0 Å². The van der Waals surface area contributed by atoms with Gasteiger partial charge in [0.15, 0.2) is 0 Å². The lowest BCUT2D eigenvalue weighted by Crippen LogP contribution is -2.32. The Hall–Kier alpha value is -1.21. The number of aliphatic hydroxyl groups is 1. The van der Waals surface area contributed by atoms with Gasteiger partial charge in [0.2, 0.25) is 0 Å². The molecule has 0 atom stereocenters. The third-order valence-electron chi connectivity index (χ3n) is 3.03. The van der Waals surface area contributed by atoms with E-state index in [9.17, 15) is 0 Å². The molecule has 0 amide bonds. The highest BCUT2D eigenvalue weighted by Crippen LogP contribution is 2.13. The predicted molar refractivity (Wildman–Crippen MR) is 87.8 cm³/mol. The lowest BCUT2D eigenvalue weighted by Gasteiger charge is -2.20. The van der Waals surface area contributed by atoms with Gasteiger partial charge in [-0.2, -0.15) is 0 Å². The highest BCUT2D eigenvalue weighted by Gasteiger charge is 2.04. The van der Waals surface area contributed by atoms with Crippen LogP contribution in [0.1, 0.15) is 12.0 Å². The molecule has 0 unspecified atom stereocenters. The van der Waals surface area contributed by atoms with E-state index in [-0.39, 0.29) is 6.61 Å². The maximum absolute atomic E-state index is 9.02. The topological polar surface area (TPSA) is 68.0 Å². The minimum Gasteiger partial charge on any atom is -0.494 e. The number of hydrogen-bond acceptors (Lipinski definition) is 5. The summed E-state index contributed by atoms with van der Waals surface area (Å²) in [4.78, 5) is 2.52. The van der Waals surface area contributed by atoms with E-state index in [1.54, 1.807) is 7.11 Å². The average Bonchev–Trinajstić information content (AvgIpc) is 2.49. The zero-order valence-corrected chi connectivity index (χ0v) is 13.3. The molecular formula is C15H24N2O3S. The first-order valence-corrected chi connectivity index (χ1v) is 7.43. The van der Waals surface area contributed by atoms with E-state index in [0.717, 1.165) is 30.8 Å². The van der Waals surface area contributed by atoms with Crippen LogP contribution in [0.15, 0.2) is 24.3 Å². The van der Waals surface area contributed by atoms with Gasteiger partial charge in [0.1, 0.15) is 10.7 Å². The maximum Gasteiger partial charge on any atom is 0.119 e. The van der Waals surface area contributed by atoms with Gasteiger partial charge in [0.05, 0.1) is 19.8 Å². The van der Waals surface area contributed by atoms with Crippen molar-refractivity contribution in [3.8, 4) is 5.75 Å². The standard InChI is InChI=1S/C15H24N2O3S/c1-19-11-8-17(7-9-18)6-3-10-20-14-5-2-4-13(12-14)15(16)21/h2,4-5,12,18H,3,6-11H2,1H3,(H2,16,21). The minimum absolute atomic E-state index is 0.153. The molecule has 0 saturated heterocycles. The van der Waals surface area contributed by atoms with Crippen LogP contribution in [0.25, 0.3) is 0 Å². The molecule has 0 fully saturated rings. The Labute approximate surface area is 131 Å². The summed E-state index contributed by atoms with van der Waals surface area (Å²) in [7, 11) is 1.68. The van der Waals surface area contributed by atoms with Crippen LogP contribution in [-0.2, 0) is 4.74 Å². The number of hydrogen-bond donors (Lipinski definition) is 2. The molecule has 6 heteroatoms. The molecule has 0 aliphatic rings. The molecule has 0 aromatic heterocycles. The molecule has 0 saturated carbocycles. The smallest absolute Gasteiger partial charge is 0.119 e. The molecule has 0 radical (unpaired) electrons. The fourth-order valence-electron chi connectivity index (χ4n) is 1.91. The molecule has 0 spiro atoms. The average molecular weight is 312 g/mol. The second kappa shape index (κ2) is 10.5. The molecule has 1 aromatic carbocycles. The van der Waals surface area contributed by atoms with Crippen LogP contribution in [0.2, 0.25) is 0 Å². The Morgan fingerprint density at radius 2 is 2.10 bits per heavy atom. The summed E-state index contributed by atoms with van der Waals surface area (Å²) in [6, 6.07) is 7.47. The van der Waals surface area contributed by atoms with Crippen molar-refractivity contribution in [2.75, 3.05) is 46.6 Å². The molecule has 3 N–H and O–H groups in total. The van der Waals surface area contributed by atoms with Gasteiger partial charge in [-0.3, -0.25) is 4.90 Å². The largest absolute Gasteiger partial charge is 0.494 e. The van der Waals surface area contributed by atoms with Crippen molar-refractivity contribution in [2.24, 2.45) is 5.73 Å². The second-order valence-electron chi connectivity index (χ2n) is 4.65. The first kappa shape index (κ1) is 17.8. The fraction of sp³-hybridized carbons (Fsp3) is 0.533. The number of rotatable bonds is 11. The Morgan fingerprint density at radius 3 is 2.76 bits per heavy atom. The molecule has 0 aliphatic heterocycles. The van der Waals surface area contributed by atoms with E-state index in [4.69, 9.17) is 32.5 Å². The number of benzene rings is 1. The van der Waals surface area contributed by atoms with Gasteiger partial charge >= 0.3 is 0 Å². The molecule has 5 nitrogen and oxygen atoms in total. The van der Waals surface area contributed by atoms with Crippen molar-refractivity contribution in [1.29, 1.82) is 0 Å². The van der Waals surface area contributed by atoms with Gasteiger partial charge in [0, 0.05) is 32.3 Å². The number of thiocarbonyl (C=S) groups is 1. The van der Waals surface area contributed by atoms with Crippen molar-refractivity contribution in [3.63, 3.8) is 0 Å². The number of nitrogens with zero attached hydrogens (tertiary/aromatic N) is 1. The van der Waals surface area contributed by atoms with Gasteiger partial charge in [-0.1, -0.05) is 24.4 Å². The molecule has 0 aliphatic carbocycles. The highest BCUT2D eigenvalue weighted by molar-refractivity contribution is 7.80. The van der Waals surface area contributed by atoms with Gasteiger partial charge in [-0.25, -0.2) is 0 Å². The molecule has 1 rings (SSSR count). The molecule has 118 valence electrons. The number of nitrogens with two attached hydrogens (primary N) is 1. The molecule has 1 aromatic rings. The van der Waals surface area contributed by atoms with Crippen molar-refractivity contribution in [3.05, 3.63) is 29.8 Å².